The van der Waals surface area contributed by atoms with Crippen LogP contribution in [0.25, 0.3) is 10.8 Å². The third kappa shape index (κ3) is 4.04. The minimum absolute atomic E-state index is 0.380. The highest BCUT2D eigenvalue weighted by Gasteiger charge is 2.73. The second-order valence-electron chi connectivity index (χ2n) is 7.09. The van der Waals surface area contributed by atoms with E-state index in [2.05, 4.69) is 4.74 Å². The van der Waals surface area contributed by atoms with Crippen LogP contribution in [-0.2, 0) is 16.0 Å². The zero-order valence-electron chi connectivity index (χ0n) is 15.0. The molecule has 0 saturated carbocycles. The Bertz CT molecular complexity index is 905. The van der Waals surface area contributed by atoms with Crippen LogP contribution in [0.1, 0.15) is 36.3 Å². The lowest BCUT2D eigenvalue weighted by molar-refractivity contribution is -0.359. The summed E-state index contributed by atoms with van der Waals surface area (Å²) in [5, 5.41) is 1.80. The fraction of sp³-hybridized carbons (Fsp3) is 0.450. The Hall–Kier alpha value is -2.32. The molecule has 0 fully saturated rings. The maximum absolute atomic E-state index is 13.3. The quantitative estimate of drug-likeness (QED) is 0.435. The smallest absolute Gasteiger partial charge is 0.459 e. The second kappa shape index (κ2) is 7.50. The van der Waals surface area contributed by atoms with Gasteiger partial charge in [0, 0.05) is 0 Å². The zero-order valence-corrected chi connectivity index (χ0v) is 15.0. The average molecular weight is 422 g/mol. The molecule has 2 aromatic rings. The van der Waals surface area contributed by atoms with Crippen LogP contribution in [0, 0.1) is 0 Å². The summed E-state index contributed by atoms with van der Waals surface area (Å²) in [5.41, 5.74) is 1.85. The van der Waals surface area contributed by atoms with Gasteiger partial charge in [-0.2, -0.15) is 30.7 Å². The van der Waals surface area contributed by atoms with E-state index in [1.54, 1.807) is 0 Å². The SMILES string of the molecule is O=C(CC1CCCc2ccc3ccccc3c21)OCC(F)(F)C(F)(F)C(F)(F)F. The predicted molar refractivity (Wildman–Crippen MR) is 91.2 cm³/mol. The number of hydrogen-bond acceptors (Lipinski definition) is 2. The summed E-state index contributed by atoms with van der Waals surface area (Å²) in [6, 6.07) is 11.2. The van der Waals surface area contributed by atoms with Gasteiger partial charge >= 0.3 is 24.0 Å². The van der Waals surface area contributed by atoms with Gasteiger partial charge in [-0.25, -0.2) is 0 Å². The van der Waals surface area contributed by atoms with Gasteiger partial charge < -0.3 is 4.74 Å². The van der Waals surface area contributed by atoms with Crippen molar-refractivity contribution in [3.63, 3.8) is 0 Å². The van der Waals surface area contributed by atoms with E-state index in [4.69, 9.17) is 0 Å². The van der Waals surface area contributed by atoms with Crippen molar-refractivity contribution >= 4 is 16.7 Å². The Kier molecular flexibility index (Phi) is 5.53. The molecule has 3 rings (SSSR count). The van der Waals surface area contributed by atoms with Gasteiger partial charge in [-0.1, -0.05) is 36.4 Å². The number of aryl methyl sites for hydroxylation is 1. The molecule has 2 aromatic carbocycles. The number of fused-ring (bicyclic) bond motifs is 3. The Morgan fingerprint density at radius 2 is 1.69 bits per heavy atom. The van der Waals surface area contributed by atoms with Crippen molar-refractivity contribution < 1.29 is 40.3 Å². The molecule has 0 bridgehead atoms. The maximum Gasteiger partial charge on any atom is 0.460 e. The maximum atomic E-state index is 13.3. The third-order valence-electron chi connectivity index (χ3n) is 5.11. The number of hydrogen-bond donors (Lipinski definition) is 0. The number of carbonyl (C=O) groups is 1. The Balaban J connectivity index is 1.74. The molecular weight excluding hydrogens is 405 g/mol. The van der Waals surface area contributed by atoms with Gasteiger partial charge in [0.2, 0.25) is 0 Å². The molecule has 9 heteroatoms. The van der Waals surface area contributed by atoms with Crippen LogP contribution in [0.15, 0.2) is 36.4 Å². The van der Waals surface area contributed by atoms with E-state index in [-0.39, 0.29) is 6.42 Å². The molecule has 29 heavy (non-hydrogen) atoms. The van der Waals surface area contributed by atoms with Crippen molar-refractivity contribution in [3.05, 3.63) is 47.5 Å². The van der Waals surface area contributed by atoms with Gasteiger partial charge in [0.05, 0.1) is 6.42 Å². The first kappa shape index (κ1) is 21.4. The summed E-state index contributed by atoms with van der Waals surface area (Å²) < 4.78 is 93.2. The highest BCUT2D eigenvalue weighted by Crippen LogP contribution is 2.46. The molecular formula is C20H17F7O2. The molecule has 0 amide bonds. The van der Waals surface area contributed by atoms with Crippen LogP contribution in [0.4, 0.5) is 30.7 Å². The molecule has 0 radical (unpaired) electrons. The van der Waals surface area contributed by atoms with Crippen LogP contribution in [0.2, 0.25) is 0 Å². The molecule has 0 heterocycles. The Morgan fingerprint density at radius 1 is 1.00 bits per heavy atom. The van der Waals surface area contributed by atoms with Gasteiger partial charge in [0.25, 0.3) is 0 Å². The Labute approximate surface area is 161 Å². The number of halogens is 7. The van der Waals surface area contributed by atoms with E-state index in [0.717, 1.165) is 34.7 Å². The minimum atomic E-state index is -6.45. The molecule has 0 saturated heterocycles. The lowest BCUT2D eigenvalue weighted by Gasteiger charge is -2.29. The highest BCUT2D eigenvalue weighted by atomic mass is 19.4. The van der Waals surface area contributed by atoms with E-state index in [1.807, 2.05) is 36.4 Å². The minimum Gasteiger partial charge on any atom is -0.459 e. The van der Waals surface area contributed by atoms with Crippen LogP contribution in [0.3, 0.4) is 0 Å². The average Bonchev–Trinajstić information content (AvgIpc) is 2.65. The van der Waals surface area contributed by atoms with Gasteiger partial charge in [-0.05, 0) is 47.1 Å². The lowest BCUT2D eigenvalue weighted by Crippen LogP contribution is -2.54. The predicted octanol–water partition coefficient (Wildman–Crippen LogP) is 6.03. The summed E-state index contributed by atoms with van der Waals surface area (Å²) in [6.07, 6.45) is -4.79. The number of rotatable bonds is 5. The van der Waals surface area contributed by atoms with Crippen LogP contribution < -0.4 is 0 Å². The fourth-order valence-corrected chi connectivity index (χ4v) is 3.66. The number of benzene rings is 2. The first-order valence-corrected chi connectivity index (χ1v) is 8.92. The van der Waals surface area contributed by atoms with Crippen molar-refractivity contribution in [2.45, 2.75) is 49.6 Å². The van der Waals surface area contributed by atoms with E-state index >= 15 is 0 Å². The summed E-state index contributed by atoms with van der Waals surface area (Å²) in [7, 11) is 0. The fourth-order valence-electron chi connectivity index (χ4n) is 3.66. The van der Waals surface area contributed by atoms with Crippen molar-refractivity contribution in [3.8, 4) is 0 Å². The Morgan fingerprint density at radius 3 is 2.38 bits per heavy atom. The van der Waals surface area contributed by atoms with E-state index in [0.29, 0.717) is 6.42 Å². The summed E-state index contributed by atoms with van der Waals surface area (Å²) in [5.74, 6) is -13.5. The van der Waals surface area contributed by atoms with Crippen molar-refractivity contribution in [1.82, 2.24) is 0 Å². The van der Waals surface area contributed by atoms with Crippen LogP contribution >= 0.6 is 0 Å². The van der Waals surface area contributed by atoms with Gasteiger partial charge in [-0.3, -0.25) is 4.79 Å². The number of esters is 1. The molecule has 0 aromatic heterocycles. The normalized spacial score (nSPS) is 17.8. The van der Waals surface area contributed by atoms with Gasteiger partial charge in [0.15, 0.2) is 6.61 Å². The topological polar surface area (TPSA) is 26.3 Å². The summed E-state index contributed by atoms with van der Waals surface area (Å²) in [6.45, 7) is -2.34. The van der Waals surface area contributed by atoms with Crippen LogP contribution in [0.5, 0.6) is 0 Å². The molecule has 0 aliphatic heterocycles. The standard InChI is InChI=1S/C20H17F7O2/c21-18(22,19(23,24)20(25,26)27)11-29-16(28)10-14-6-3-5-13-9-8-12-4-1-2-7-15(12)17(13)14/h1-2,4,7-9,14H,3,5-6,10-11H2. The molecule has 1 aliphatic carbocycles. The molecule has 1 atom stereocenters. The summed E-state index contributed by atoms with van der Waals surface area (Å²) in [4.78, 5) is 12.0. The monoisotopic (exact) mass is 422 g/mol. The van der Waals surface area contributed by atoms with Gasteiger partial charge in [0.1, 0.15) is 0 Å². The van der Waals surface area contributed by atoms with Crippen molar-refractivity contribution in [1.29, 1.82) is 0 Å². The number of carbonyl (C=O) groups excluding carboxylic acids is 1. The van der Waals surface area contributed by atoms with E-state index in [1.165, 1.54) is 0 Å². The van der Waals surface area contributed by atoms with E-state index in [9.17, 15) is 35.5 Å². The summed E-state index contributed by atoms with van der Waals surface area (Å²) >= 11 is 0. The molecule has 158 valence electrons. The van der Waals surface area contributed by atoms with Gasteiger partial charge in [-0.15, -0.1) is 0 Å². The largest absolute Gasteiger partial charge is 0.460 e. The first-order valence-electron chi connectivity index (χ1n) is 8.92. The lowest BCUT2D eigenvalue weighted by atomic mass is 9.78. The van der Waals surface area contributed by atoms with Crippen molar-refractivity contribution in [2.24, 2.45) is 0 Å². The second-order valence-corrected chi connectivity index (χ2v) is 7.09. The number of alkyl halides is 7. The zero-order chi connectivity index (χ0) is 21.4. The number of ether oxygens (including phenoxy) is 1. The molecule has 1 aliphatic rings. The van der Waals surface area contributed by atoms with Crippen LogP contribution in [-0.4, -0.2) is 30.6 Å². The molecule has 0 spiro atoms. The van der Waals surface area contributed by atoms with E-state index < -0.39 is 36.5 Å². The first-order chi connectivity index (χ1) is 13.4. The van der Waals surface area contributed by atoms with Crippen molar-refractivity contribution in [2.75, 3.05) is 6.61 Å². The molecule has 2 nitrogen and oxygen atoms in total. The third-order valence-corrected chi connectivity index (χ3v) is 5.11. The highest BCUT2D eigenvalue weighted by molar-refractivity contribution is 5.88. The molecule has 0 N–H and O–H groups in total. The molecule has 1 unspecified atom stereocenters.